The SMILES string of the molecule is CCc1c(OCC(N)COC(C)C)nc(NSc2cccc(C(=O)O)c2)nc1-c1c(C)cccc1C. The molecule has 36 heavy (non-hydrogen) atoms. The molecule has 9 heteroatoms. The highest BCUT2D eigenvalue weighted by atomic mass is 32.2. The van der Waals surface area contributed by atoms with Crippen molar-refractivity contribution in [3.63, 3.8) is 0 Å². The standard InChI is InChI=1S/C27H34N4O4S/c1-6-22-24(23-17(4)9-7-10-18(23)5)29-27(30-25(22)35-15-20(28)14-34-16(2)3)31-36-21-12-8-11-19(13-21)26(32)33/h7-13,16,20H,6,14-15,28H2,1-5H3,(H,32,33)(H,29,30,31). The Labute approximate surface area is 216 Å². The number of hydrogen-bond donors (Lipinski definition) is 3. The Morgan fingerprint density at radius 2 is 1.81 bits per heavy atom. The molecule has 1 unspecified atom stereocenters. The predicted octanol–water partition coefficient (Wildman–Crippen LogP) is 5.27. The first-order valence-corrected chi connectivity index (χ1v) is 12.7. The summed E-state index contributed by atoms with van der Waals surface area (Å²) in [5, 5.41) is 9.29. The van der Waals surface area contributed by atoms with E-state index in [1.807, 2.05) is 32.9 Å². The summed E-state index contributed by atoms with van der Waals surface area (Å²) in [5.41, 5.74) is 11.4. The van der Waals surface area contributed by atoms with Gasteiger partial charge in [-0.15, -0.1) is 0 Å². The second kappa shape index (κ2) is 12.7. The van der Waals surface area contributed by atoms with Crippen molar-refractivity contribution >= 4 is 23.9 Å². The van der Waals surface area contributed by atoms with Crippen LogP contribution >= 0.6 is 11.9 Å². The summed E-state index contributed by atoms with van der Waals surface area (Å²) in [6.07, 6.45) is 0.758. The summed E-state index contributed by atoms with van der Waals surface area (Å²) in [4.78, 5) is 21.6. The highest BCUT2D eigenvalue weighted by molar-refractivity contribution is 8.00. The van der Waals surface area contributed by atoms with Crippen molar-refractivity contribution in [3.8, 4) is 17.1 Å². The number of hydrogen-bond acceptors (Lipinski definition) is 8. The largest absolute Gasteiger partial charge is 0.478 e. The van der Waals surface area contributed by atoms with Crippen LogP contribution in [-0.2, 0) is 11.2 Å². The second-order valence-corrected chi connectivity index (χ2v) is 9.67. The zero-order chi connectivity index (χ0) is 26.2. The van der Waals surface area contributed by atoms with E-state index >= 15 is 0 Å². The average Bonchev–Trinajstić information content (AvgIpc) is 2.84. The monoisotopic (exact) mass is 510 g/mol. The molecule has 2 aromatic carbocycles. The molecule has 192 valence electrons. The molecule has 3 rings (SSSR count). The number of ether oxygens (including phenoxy) is 2. The van der Waals surface area contributed by atoms with Crippen molar-refractivity contribution in [2.75, 3.05) is 17.9 Å². The lowest BCUT2D eigenvalue weighted by atomic mass is 9.96. The van der Waals surface area contributed by atoms with Crippen LogP contribution in [0.5, 0.6) is 5.88 Å². The van der Waals surface area contributed by atoms with Crippen molar-refractivity contribution < 1.29 is 19.4 Å². The number of rotatable bonds is 12. The molecular weight excluding hydrogens is 476 g/mol. The van der Waals surface area contributed by atoms with E-state index in [1.54, 1.807) is 18.2 Å². The zero-order valence-corrected chi connectivity index (χ0v) is 22.2. The Morgan fingerprint density at radius 3 is 2.44 bits per heavy atom. The van der Waals surface area contributed by atoms with E-state index in [9.17, 15) is 9.90 Å². The molecule has 0 aliphatic heterocycles. The summed E-state index contributed by atoms with van der Waals surface area (Å²) in [6.45, 7) is 10.7. The van der Waals surface area contributed by atoms with Crippen LogP contribution in [-0.4, -0.2) is 46.4 Å². The van der Waals surface area contributed by atoms with Gasteiger partial charge in [-0.25, -0.2) is 9.78 Å². The maximum atomic E-state index is 11.3. The number of carboxylic acids is 1. The molecule has 1 atom stereocenters. The first kappa shape index (κ1) is 27.4. The van der Waals surface area contributed by atoms with E-state index in [-0.39, 0.29) is 24.3 Å². The minimum atomic E-state index is -0.980. The maximum absolute atomic E-state index is 11.3. The van der Waals surface area contributed by atoms with E-state index in [0.29, 0.717) is 24.9 Å². The van der Waals surface area contributed by atoms with Gasteiger partial charge in [0.05, 0.1) is 30.0 Å². The third kappa shape index (κ3) is 7.19. The number of nitrogens with one attached hydrogen (secondary N) is 1. The van der Waals surface area contributed by atoms with Crippen LogP contribution in [0, 0.1) is 13.8 Å². The van der Waals surface area contributed by atoms with Crippen molar-refractivity contribution in [3.05, 3.63) is 64.7 Å². The molecule has 8 nitrogen and oxygen atoms in total. The summed E-state index contributed by atoms with van der Waals surface area (Å²) < 4.78 is 14.9. The van der Waals surface area contributed by atoms with Gasteiger partial charge in [0.1, 0.15) is 6.61 Å². The minimum Gasteiger partial charge on any atom is -0.478 e. The topological polar surface area (TPSA) is 120 Å². The van der Waals surface area contributed by atoms with Crippen LogP contribution in [0.3, 0.4) is 0 Å². The first-order valence-electron chi connectivity index (χ1n) is 11.9. The van der Waals surface area contributed by atoms with Crippen molar-refractivity contribution in [2.45, 2.75) is 58.1 Å². The van der Waals surface area contributed by atoms with Crippen molar-refractivity contribution in [1.82, 2.24) is 9.97 Å². The fourth-order valence-corrected chi connectivity index (χ4v) is 4.32. The maximum Gasteiger partial charge on any atom is 0.335 e. The van der Waals surface area contributed by atoms with Gasteiger partial charge in [-0.2, -0.15) is 4.98 Å². The Kier molecular flexibility index (Phi) is 9.69. The van der Waals surface area contributed by atoms with Gasteiger partial charge < -0.3 is 20.3 Å². The molecule has 4 N–H and O–H groups in total. The van der Waals surface area contributed by atoms with Gasteiger partial charge in [0, 0.05) is 16.0 Å². The Balaban J connectivity index is 1.96. The predicted molar refractivity (Wildman–Crippen MR) is 144 cm³/mol. The summed E-state index contributed by atoms with van der Waals surface area (Å²) >= 11 is 1.24. The van der Waals surface area contributed by atoms with Crippen molar-refractivity contribution in [2.24, 2.45) is 5.73 Å². The Morgan fingerprint density at radius 1 is 1.11 bits per heavy atom. The van der Waals surface area contributed by atoms with Crippen LogP contribution in [0.4, 0.5) is 5.95 Å². The lowest BCUT2D eigenvalue weighted by Gasteiger charge is -2.20. The third-order valence-electron chi connectivity index (χ3n) is 5.46. The smallest absolute Gasteiger partial charge is 0.335 e. The number of aromatic carboxylic acids is 1. The van der Waals surface area contributed by atoms with Gasteiger partial charge in [0.2, 0.25) is 11.8 Å². The molecule has 1 aromatic heterocycles. The van der Waals surface area contributed by atoms with Crippen LogP contribution in [0.25, 0.3) is 11.3 Å². The molecule has 0 amide bonds. The van der Waals surface area contributed by atoms with Gasteiger partial charge in [-0.05, 0) is 75.4 Å². The number of nitrogens with two attached hydrogens (primary N) is 1. The average molecular weight is 511 g/mol. The zero-order valence-electron chi connectivity index (χ0n) is 21.4. The van der Waals surface area contributed by atoms with Gasteiger partial charge in [-0.3, -0.25) is 4.72 Å². The Hall–Kier alpha value is -3.14. The van der Waals surface area contributed by atoms with E-state index in [1.165, 1.54) is 11.9 Å². The molecule has 0 saturated heterocycles. The summed E-state index contributed by atoms with van der Waals surface area (Å²) in [6, 6.07) is 12.5. The van der Waals surface area contributed by atoms with E-state index in [2.05, 4.69) is 35.7 Å². The van der Waals surface area contributed by atoms with Gasteiger partial charge >= 0.3 is 5.97 Å². The van der Waals surface area contributed by atoms with Crippen LogP contribution in [0.1, 0.15) is 47.8 Å². The molecule has 0 spiro atoms. The molecule has 0 radical (unpaired) electrons. The summed E-state index contributed by atoms with van der Waals surface area (Å²) in [7, 11) is 0. The van der Waals surface area contributed by atoms with Crippen LogP contribution < -0.4 is 15.2 Å². The van der Waals surface area contributed by atoms with E-state index in [0.717, 1.165) is 32.8 Å². The normalized spacial score (nSPS) is 12.0. The summed E-state index contributed by atoms with van der Waals surface area (Å²) in [5.74, 6) is -0.156. The van der Waals surface area contributed by atoms with Gasteiger partial charge in [0.15, 0.2) is 0 Å². The van der Waals surface area contributed by atoms with Gasteiger partial charge in [0.25, 0.3) is 0 Å². The van der Waals surface area contributed by atoms with Crippen molar-refractivity contribution in [1.29, 1.82) is 0 Å². The quantitative estimate of drug-likeness (QED) is 0.280. The lowest BCUT2D eigenvalue weighted by Crippen LogP contribution is -2.34. The molecule has 1 heterocycles. The fraction of sp³-hybridized carbons (Fsp3) is 0.370. The fourth-order valence-electron chi connectivity index (χ4n) is 3.69. The number of benzene rings is 2. The molecule has 0 bridgehead atoms. The number of anilines is 1. The molecule has 0 fully saturated rings. The number of aromatic nitrogens is 2. The minimum absolute atomic E-state index is 0.0874. The van der Waals surface area contributed by atoms with Gasteiger partial charge in [-0.1, -0.05) is 31.2 Å². The number of aryl methyl sites for hydroxylation is 2. The molecule has 0 aliphatic carbocycles. The molecule has 0 aliphatic rings. The van der Waals surface area contributed by atoms with Crippen LogP contribution in [0.15, 0.2) is 47.4 Å². The van der Waals surface area contributed by atoms with E-state index < -0.39 is 5.97 Å². The Bertz CT molecular complexity index is 1180. The molecule has 0 saturated carbocycles. The third-order valence-corrected chi connectivity index (χ3v) is 6.23. The number of carboxylic acid groups (broad SMARTS) is 1. The van der Waals surface area contributed by atoms with E-state index in [4.69, 9.17) is 20.2 Å². The van der Waals surface area contributed by atoms with Crippen LogP contribution in [0.2, 0.25) is 0 Å². The number of carbonyl (C=O) groups is 1. The highest BCUT2D eigenvalue weighted by Crippen LogP contribution is 2.35. The molecular formula is C27H34N4O4S. The second-order valence-electron chi connectivity index (χ2n) is 8.79. The highest BCUT2D eigenvalue weighted by Gasteiger charge is 2.20. The number of nitrogens with zero attached hydrogens (tertiary/aromatic N) is 2. The lowest BCUT2D eigenvalue weighted by molar-refractivity contribution is 0.0582. The first-order chi connectivity index (χ1) is 17.2. The molecule has 3 aromatic rings.